The summed E-state index contributed by atoms with van der Waals surface area (Å²) < 4.78 is 26.3. The van der Waals surface area contributed by atoms with Crippen LogP contribution in [0.2, 0.25) is 0 Å². The average Bonchev–Trinajstić information content (AvgIpc) is 3.27. The number of hydrogen-bond donors (Lipinski definition) is 5. The van der Waals surface area contributed by atoms with E-state index < -0.39 is 33.4 Å². The summed E-state index contributed by atoms with van der Waals surface area (Å²) in [6, 6.07) is 7.49. The predicted molar refractivity (Wildman–Crippen MR) is 126 cm³/mol. The number of rotatable bonds is 9. The molecule has 2 amide bonds. The molecular formula is C22H34N6O4S. The molecule has 0 radical (unpaired) electrons. The molecule has 2 aliphatic heterocycles. The maximum Gasteiger partial charge on any atom is 0.242 e. The summed E-state index contributed by atoms with van der Waals surface area (Å²) in [6.07, 6.45) is 3.69. The molecule has 2 fully saturated rings. The van der Waals surface area contributed by atoms with Crippen LogP contribution in [0.1, 0.15) is 31.2 Å². The first kappa shape index (κ1) is 25.1. The van der Waals surface area contributed by atoms with Crippen molar-refractivity contribution in [3.05, 3.63) is 35.9 Å². The fourth-order valence-electron chi connectivity index (χ4n) is 4.61. The number of hydrogen-bond acceptors (Lipinski definition) is 6. The van der Waals surface area contributed by atoms with Crippen molar-refractivity contribution in [2.45, 2.75) is 44.2 Å². The van der Waals surface area contributed by atoms with Gasteiger partial charge in [-0.3, -0.25) is 15.0 Å². The molecule has 2 saturated heterocycles. The first-order chi connectivity index (χ1) is 15.6. The third-order valence-corrected chi connectivity index (χ3v) is 7.22. The molecule has 0 bridgehead atoms. The standard InChI is InChI=1S/C22H34N6O4S/c1-33(31,32)27-17(14-16-6-3-2-4-7-16)20(30)28-13-5-8-18(28)19(29)26-15-22(21(23)24)9-11-25-12-10-22/h2-4,6-7,17-18,25,27H,5,8-15H2,1H3,(H3,23,24)(H,26,29)/t17-,18+/m1/s1. The van der Waals surface area contributed by atoms with Gasteiger partial charge in [0.15, 0.2) is 0 Å². The smallest absolute Gasteiger partial charge is 0.242 e. The van der Waals surface area contributed by atoms with Gasteiger partial charge in [0.2, 0.25) is 21.8 Å². The van der Waals surface area contributed by atoms with Crippen LogP contribution in [0.3, 0.4) is 0 Å². The Morgan fingerprint density at radius 1 is 1.27 bits per heavy atom. The predicted octanol–water partition coefficient (Wildman–Crippen LogP) is -0.440. The monoisotopic (exact) mass is 478 g/mol. The van der Waals surface area contributed by atoms with E-state index in [9.17, 15) is 18.0 Å². The summed E-state index contributed by atoms with van der Waals surface area (Å²) in [5.74, 6) is -0.646. The van der Waals surface area contributed by atoms with E-state index in [-0.39, 0.29) is 24.7 Å². The number of amidine groups is 1. The number of carbonyl (C=O) groups excluding carboxylic acids is 2. The molecule has 1 aromatic rings. The summed E-state index contributed by atoms with van der Waals surface area (Å²) >= 11 is 0. The molecule has 2 aliphatic rings. The topological polar surface area (TPSA) is 157 Å². The van der Waals surface area contributed by atoms with Gasteiger partial charge >= 0.3 is 0 Å². The van der Waals surface area contributed by atoms with Crippen LogP contribution in [-0.4, -0.2) is 75.5 Å². The van der Waals surface area contributed by atoms with Gasteiger partial charge in [-0.1, -0.05) is 30.3 Å². The number of piperidine rings is 1. The van der Waals surface area contributed by atoms with Gasteiger partial charge in [-0.05, 0) is 50.8 Å². The minimum Gasteiger partial charge on any atom is -0.387 e. The SMILES string of the molecule is CS(=O)(=O)N[C@H](Cc1ccccc1)C(=O)N1CCC[C@H]1C(=O)NCC1(C(=N)N)CCNCC1. The zero-order valence-corrected chi connectivity index (χ0v) is 19.8. The second-order valence-electron chi connectivity index (χ2n) is 8.98. The Kier molecular flexibility index (Phi) is 8.09. The van der Waals surface area contributed by atoms with Gasteiger partial charge in [0.1, 0.15) is 12.1 Å². The van der Waals surface area contributed by atoms with Crippen molar-refractivity contribution in [1.82, 2.24) is 20.3 Å². The first-order valence-corrected chi connectivity index (χ1v) is 13.2. The van der Waals surface area contributed by atoms with E-state index in [4.69, 9.17) is 11.1 Å². The van der Waals surface area contributed by atoms with Gasteiger partial charge in [-0.2, -0.15) is 0 Å². The van der Waals surface area contributed by atoms with E-state index >= 15 is 0 Å². The van der Waals surface area contributed by atoms with E-state index in [1.807, 2.05) is 30.3 Å². The van der Waals surface area contributed by atoms with Crippen molar-refractivity contribution in [3.8, 4) is 0 Å². The molecule has 1 aromatic carbocycles. The normalized spacial score (nSPS) is 21.4. The number of benzene rings is 1. The summed E-state index contributed by atoms with van der Waals surface area (Å²) in [5.41, 5.74) is 6.10. The van der Waals surface area contributed by atoms with E-state index in [1.54, 1.807) is 0 Å². The highest BCUT2D eigenvalue weighted by molar-refractivity contribution is 7.88. The number of nitrogens with one attached hydrogen (secondary N) is 4. The molecule has 6 N–H and O–H groups in total. The van der Waals surface area contributed by atoms with Crippen LogP contribution in [0.25, 0.3) is 0 Å². The number of nitrogens with two attached hydrogens (primary N) is 1. The van der Waals surface area contributed by atoms with Crippen LogP contribution in [0.4, 0.5) is 0 Å². The maximum absolute atomic E-state index is 13.4. The molecule has 10 nitrogen and oxygen atoms in total. The van der Waals surface area contributed by atoms with Gasteiger partial charge in [0, 0.05) is 18.5 Å². The average molecular weight is 479 g/mol. The second-order valence-corrected chi connectivity index (χ2v) is 10.8. The van der Waals surface area contributed by atoms with Gasteiger partial charge in [0.05, 0.1) is 12.1 Å². The van der Waals surface area contributed by atoms with Gasteiger partial charge in [0.25, 0.3) is 0 Å². The Balaban J connectivity index is 1.71. The third-order valence-electron chi connectivity index (χ3n) is 6.51. The lowest BCUT2D eigenvalue weighted by Gasteiger charge is -2.37. The van der Waals surface area contributed by atoms with Crippen molar-refractivity contribution < 1.29 is 18.0 Å². The third kappa shape index (κ3) is 6.52. The van der Waals surface area contributed by atoms with Crippen LogP contribution in [0, 0.1) is 10.8 Å². The molecule has 33 heavy (non-hydrogen) atoms. The van der Waals surface area contributed by atoms with E-state index in [0.717, 1.165) is 24.9 Å². The lowest BCUT2D eigenvalue weighted by molar-refractivity contribution is -0.139. The zero-order valence-electron chi connectivity index (χ0n) is 19.0. The summed E-state index contributed by atoms with van der Waals surface area (Å²) in [7, 11) is -3.64. The Morgan fingerprint density at radius 3 is 2.55 bits per heavy atom. The lowest BCUT2D eigenvalue weighted by atomic mass is 9.77. The highest BCUT2D eigenvalue weighted by Gasteiger charge is 2.40. The lowest BCUT2D eigenvalue weighted by Crippen LogP contribution is -2.56. The van der Waals surface area contributed by atoms with Crippen molar-refractivity contribution >= 4 is 27.7 Å². The van der Waals surface area contributed by atoms with Gasteiger partial charge < -0.3 is 21.3 Å². The van der Waals surface area contributed by atoms with Crippen LogP contribution in [-0.2, 0) is 26.0 Å². The molecule has 0 aliphatic carbocycles. The van der Waals surface area contributed by atoms with E-state index in [2.05, 4.69) is 15.4 Å². The zero-order chi connectivity index (χ0) is 24.1. The Bertz CT molecular complexity index is 962. The van der Waals surface area contributed by atoms with Crippen molar-refractivity contribution in [1.29, 1.82) is 5.41 Å². The number of likely N-dealkylation sites (tertiary alicyclic amines) is 1. The molecule has 11 heteroatoms. The van der Waals surface area contributed by atoms with Gasteiger partial charge in [-0.15, -0.1) is 0 Å². The molecule has 0 aromatic heterocycles. The Hall–Kier alpha value is -2.50. The summed E-state index contributed by atoms with van der Waals surface area (Å²) in [6.45, 7) is 2.08. The maximum atomic E-state index is 13.4. The van der Waals surface area contributed by atoms with Crippen LogP contribution >= 0.6 is 0 Å². The van der Waals surface area contributed by atoms with E-state index in [0.29, 0.717) is 32.2 Å². The molecule has 0 unspecified atom stereocenters. The van der Waals surface area contributed by atoms with Crippen molar-refractivity contribution in [2.75, 3.05) is 32.4 Å². The Labute approximate surface area is 195 Å². The molecule has 0 saturated carbocycles. The number of nitrogens with zero attached hydrogens (tertiary/aromatic N) is 1. The van der Waals surface area contributed by atoms with Crippen molar-refractivity contribution in [2.24, 2.45) is 11.1 Å². The van der Waals surface area contributed by atoms with Crippen LogP contribution in [0.5, 0.6) is 0 Å². The molecule has 2 heterocycles. The minimum absolute atomic E-state index is 0.0592. The first-order valence-electron chi connectivity index (χ1n) is 11.3. The van der Waals surface area contributed by atoms with Crippen molar-refractivity contribution in [3.63, 3.8) is 0 Å². The molecule has 2 atom stereocenters. The fourth-order valence-corrected chi connectivity index (χ4v) is 5.31. The molecule has 0 spiro atoms. The van der Waals surface area contributed by atoms with Gasteiger partial charge in [-0.25, -0.2) is 13.1 Å². The number of amides is 2. The molecule has 182 valence electrons. The quantitative estimate of drug-likeness (QED) is 0.239. The van der Waals surface area contributed by atoms with Crippen LogP contribution in [0.15, 0.2) is 30.3 Å². The number of carbonyl (C=O) groups is 2. The second kappa shape index (κ2) is 10.6. The fraction of sp³-hybridized carbons (Fsp3) is 0.591. The minimum atomic E-state index is -3.64. The molecule has 3 rings (SSSR count). The number of sulfonamides is 1. The molecular weight excluding hydrogens is 444 g/mol. The highest BCUT2D eigenvalue weighted by Crippen LogP contribution is 2.28. The highest BCUT2D eigenvalue weighted by atomic mass is 32.2. The van der Waals surface area contributed by atoms with Crippen LogP contribution < -0.4 is 21.1 Å². The van der Waals surface area contributed by atoms with E-state index in [1.165, 1.54) is 4.90 Å². The summed E-state index contributed by atoms with van der Waals surface area (Å²) in [5, 5.41) is 14.2. The Morgan fingerprint density at radius 2 is 1.94 bits per heavy atom. The largest absolute Gasteiger partial charge is 0.387 e. The summed E-state index contributed by atoms with van der Waals surface area (Å²) in [4.78, 5) is 27.9.